The molecule has 1 heterocycles. The summed E-state index contributed by atoms with van der Waals surface area (Å²) in [5.74, 6) is -3.06. The number of carbonyl (C=O) groups is 3. The molecule has 1 atom stereocenters. The lowest BCUT2D eigenvalue weighted by Gasteiger charge is -2.24. The molecule has 12 heteroatoms. The molecule has 0 saturated heterocycles. The molecular weight excluding hydrogens is 504 g/mol. The van der Waals surface area contributed by atoms with Crippen molar-refractivity contribution in [2.24, 2.45) is 5.73 Å². The van der Waals surface area contributed by atoms with Crippen LogP contribution in [0.2, 0.25) is 0 Å². The monoisotopic (exact) mass is 528 g/mol. The van der Waals surface area contributed by atoms with Crippen molar-refractivity contribution in [1.29, 1.82) is 0 Å². The van der Waals surface area contributed by atoms with E-state index in [9.17, 15) is 27.9 Å². The minimum Gasteiger partial charge on any atom is -0.480 e. The van der Waals surface area contributed by atoms with Gasteiger partial charge in [0.05, 0.1) is 10.6 Å². The van der Waals surface area contributed by atoms with Gasteiger partial charge in [0.2, 0.25) is 0 Å². The molecule has 0 aliphatic carbocycles. The summed E-state index contributed by atoms with van der Waals surface area (Å²) in [6, 6.07) is 14.7. The molecule has 1 amide bonds. The largest absolute Gasteiger partial charge is 0.480 e. The Labute approximate surface area is 212 Å². The number of nitrogens with zero attached hydrogens (tertiary/aromatic N) is 1. The van der Waals surface area contributed by atoms with Gasteiger partial charge in [0.25, 0.3) is 15.9 Å². The van der Waals surface area contributed by atoms with Gasteiger partial charge < -0.3 is 16.6 Å². The molecule has 3 aromatic rings. The number of pyridine rings is 1. The Morgan fingerprint density at radius 2 is 1.78 bits per heavy atom. The molecule has 0 aliphatic heterocycles. The van der Waals surface area contributed by atoms with Crippen LogP contribution in [0.25, 0.3) is 11.1 Å². The first-order chi connectivity index (χ1) is 17.0. The number of nitrogens with two attached hydrogens (primary N) is 2. The lowest BCUT2D eigenvalue weighted by molar-refractivity contribution is -0.141. The van der Waals surface area contributed by atoms with Gasteiger partial charge in [-0.1, -0.05) is 30.3 Å². The molecule has 10 nitrogen and oxygen atoms in total. The standard InChI is InChI=1S/C24H24N4O6S2/c1-35-13-11-24(26,23(31)32)21(29)17-10-9-16(14-18(17)15-6-3-2-4-7-15)36(33,34)28-22(30)20-19(25)8-5-12-27-20/h2-10,12,14H,11,13,25-26H2,1H3,(H,28,30)(H,31,32). The number of carbonyl (C=O) groups excluding carboxylic acids is 2. The van der Waals surface area contributed by atoms with E-state index in [0.717, 1.165) is 6.07 Å². The molecule has 0 bridgehead atoms. The predicted molar refractivity (Wildman–Crippen MR) is 137 cm³/mol. The number of nitrogen functional groups attached to an aromatic ring is 1. The van der Waals surface area contributed by atoms with Crippen LogP contribution in [-0.2, 0) is 14.8 Å². The van der Waals surface area contributed by atoms with Crippen LogP contribution in [0.1, 0.15) is 27.3 Å². The highest BCUT2D eigenvalue weighted by molar-refractivity contribution is 7.98. The SMILES string of the molecule is CSCCC(N)(C(=O)O)C(=O)c1ccc(S(=O)(=O)NC(=O)c2ncccc2N)cc1-c1ccccc1. The Morgan fingerprint density at radius 1 is 1.08 bits per heavy atom. The summed E-state index contributed by atoms with van der Waals surface area (Å²) in [5.41, 5.74) is 9.83. The normalized spacial score (nSPS) is 12.9. The number of hydrogen-bond acceptors (Lipinski definition) is 9. The van der Waals surface area contributed by atoms with E-state index in [-0.39, 0.29) is 33.8 Å². The molecule has 1 aromatic heterocycles. The first kappa shape index (κ1) is 26.9. The first-order valence-corrected chi connectivity index (χ1v) is 13.4. The van der Waals surface area contributed by atoms with E-state index in [1.165, 1.54) is 42.2 Å². The summed E-state index contributed by atoms with van der Waals surface area (Å²) >= 11 is 1.34. The number of aromatic nitrogens is 1. The van der Waals surface area contributed by atoms with Crippen molar-refractivity contribution in [3.8, 4) is 11.1 Å². The zero-order valence-corrected chi connectivity index (χ0v) is 20.8. The van der Waals surface area contributed by atoms with Crippen molar-refractivity contribution < 1.29 is 27.9 Å². The van der Waals surface area contributed by atoms with Crippen LogP contribution in [0, 0.1) is 0 Å². The second-order valence-corrected chi connectivity index (χ2v) is 10.5. The Hall–Kier alpha value is -3.74. The van der Waals surface area contributed by atoms with Gasteiger partial charge in [0, 0.05) is 11.8 Å². The van der Waals surface area contributed by atoms with Crippen molar-refractivity contribution in [2.45, 2.75) is 16.9 Å². The number of Topliss-reactive ketones (excluding diaryl/α,β-unsaturated/α-hetero) is 1. The Bertz CT molecular complexity index is 1410. The number of benzene rings is 2. The van der Waals surface area contributed by atoms with Crippen LogP contribution >= 0.6 is 11.8 Å². The summed E-state index contributed by atoms with van der Waals surface area (Å²) in [4.78, 5) is 41.4. The van der Waals surface area contributed by atoms with Gasteiger partial charge in [-0.2, -0.15) is 11.8 Å². The van der Waals surface area contributed by atoms with E-state index < -0.39 is 33.2 Å². The van der Waals surface area contributed by atoms with Crippen molar-refractivity contribution in [3.05, 3.63) is 78.1 Å². The Morgan fingerprint density at radius 3 is 2.39 bits per heavy atom. The number of ketones is 1. The molecule has 3 rings (SSSR count). The van der Waals surface area contributed by atoms with Gasteiger partial charge in [-0.05, 0) is 59.9 Å². The number of rotatable bonds is 10. The third-order valence-electron chi connectivity index (χ3n) is 5.40. The van der Waals surface area contributed by atoms with E-state index in [0.29, 0.717) is 11.3 Å². The van der Waals surface area contributed by atoms with Gasteiger partial charge in [0.1, 0.15) is 0 Å². The molecule has 0 fully saturated rings. The molecule has 36 heavy (non-hydrogen) atoms. The van der Waals surface area contributed by atoms with Crippen molar-refractivity contribution in [2.75, 3.05) is 17.7 Å². The maximum atomic E-state index is 13.4. The number of carboxylic acids is 1. The summed E-state index contributed by atoms with van der Waals surface area (Å²) < 4.78 is 28.0. The smallest absolute Gasteiger partial charge is 0.331 e. The van der Waals surface area contributed by atoms with Crippen LogP contribution in [0.15, 0.2) is 71.8 Å². The highest BCUT2D eigenvalue weighted by Crippen LogP contribution is 2.30. The number of aliphatic carboxylic acids is 1. The molecule has 0 saturated carbocycles. The molecule has 2 aromatic carbocycles. The quantitative estimate of drug-likeness (QED) is 0.225. The molecule has 0 aliphatic rings. The third-order valence-corrected chi connectivity index (χ3v) is 7.34. The van der Waals surface area contributed by atoms with Crippen LogP contribution < -0.4 is 16.2 Å². The summed E-state index contributed by atoms with van der Waals surface area (Å²) in [6.45, 7) is 0. The van der Waals surface area contributed by atoms with Crippen LogP contribution in [0.5, 0.6) is 0 Å². The number of nitrogens with one attached hydrogen (secondary N) is 1. The van der Waals surface area contributed by atoms with Crippen molar-refractivity contribution >= 4 is 45.1 Å². The fourth-order valence-corrected chi connectivity index (χ4v) is 4.91. The number of hydrogen-bond donors (Lipinski definition) is 4. The van der Waals surface area contributed by atoms with E-state index in [1.54, 1.807) is 36.6 Å². The second kappa shape index (κ2) is 10.9. The number of carboxylic acid groups (broad SMARTS) is 1. The van der Waals surface area contributed by atoms with E-state index >= 15 is 0 Å². The molecule has 0 spiro atoms. The van der Waals surface area contributed by atoms with Crippen LogP contribution in [0.3, 0.4) is 0 Å². The number of anilines is 1. The van der Waals surface area contributed by atoms with Crippen molar-refractivity contribution in [1.82, 2.24) is 9.71 Å². The lowest BCUT2D eigenvalue weighted by atomic mass is 9.84. The average molecular weight is 529 g/mol. The van der Waals surface area contributed by atoms with Gasteiger partial charge in [0.15, 0.2) is 17.0 Å². The summed E-state index contributed by atoms with van der Waals surface area (Å²) in [7, 11) is -4.42. The van der Waals surface area contributed by atoms with Gasteiger partial charge >= 0.3 is 5.97 Å². The van der Waals surface area contributed by atoms with Gasteiger partial charge in [-0.3, -0.25) is 9.59 Å². The lowest BCUT2D eigenvalue weighted by Crippen LogP contribution is -2.55. The molecular formula is C24H24N4O6S2. The van der Waals surface area contributed by atoms with Crippen LogP contribution in [0.4, 0.5) is 5.69 Å². The Kier molecular flexibility index (Phi) is 8.13. The first-order valence-electron chi connectivity index (χ1n) is 10.5. The van der Waals surface area contributed by atoms with Gasteiger partial charge in [-0.15, -0.1) is 0 Å². The van der Waals surface area contributed by atoms with E-state index in [4.69, 9.17) is 11.5 Å². The molecule has 1 unspecified atom stereocenters. The Balaban J connectivity index is 2.09. The topological polar surface area (TPSA) is 183 Å². The number of amides is 1. The summed E-state index contributed by atoms with van der Waals surface area (Å²) in [5, 5.41) is 9.75. The fraction of sp³-hybridized carbons (Fsp3) is 0.167. The molecule has 188 valence electrons. The minimum atomic E-state index is -4.42. The number of sulfonamides is 1. The number of thioether (sulfide) groups is 1. The van der Waals surface area contributed by atoms with Crippen LogP contribution in [-0.4, -0.2) is 53.7 Å². The zero-order chi connectivity index (χ0) is 26.5. The zero-order valence-electron chi connectivity index (χ0n) is 19.2. The summed E-state index contributed by atoms with van der Waals surface area (Å²) in [6.07, 6.45) is 2.93. The fourth-order valence-electron chi connectivity index (χ4n) is 3.40. The van der Waals surface area contributed by atoms with E-state index in [2.05, 4.69) is 4.98 Å². The predicted octanol–water partition coefficient (Wildman–Crippen LogP) is 2.17. The third kappa shape index (κ3) is 5.56. The van der Waals surface area contributed by atoms with E-state index in [1.807, 2.05) is 4.72 Å². The maximum absolute atomic E-state index is 13.4. The highest BCUT2D eigenvalue weighted by atomic mass is 32.2. The minimum absolute atomic E-state index is 0.00526. The molecule has 6 N–H and O–H groups in total. The van der Waals surface area contributed by atoms with Crippen molar-refractivity contribution in [3.63, 3.8) is 0 Å². The highest BCUT2D eigenvalue weighted by Gasteiger charge is 2.43. The average Bonchev–Trinajstić information content (AvgIpc) is 2.86. The maximum Gasteiger partial charge on any atom is 0.331 e. The molecule has 0 radical (unpaired) electrons. The second-order valence-electron chi connectivity index (χ2n) is 7.80. The van der Waals surface area contributed by atoms with Gasteiger partial charge in [-0.25, -0.2) is 22.9 Å².